The predicted molar refractivity (Wildman–Crippen MR) is 67.3 cm³/mol. The van der Waals surface area contributed by atoms with Crippen molar-refractivity contribution in [3.05, 3.63) is 34.9 Å². The van der Waals surface area contributed by atoms with Gasteiger partial charge in [0.05, 0.1) is 11.1 Å². The van der Waals surface area contributed by atoms with Crippen LogP contribution < -0.4 is 10.6 Å². The summed E-state index contributed by atoms with van der Waals surface area (Å²) in [5, 5.41) is 5.77. The zero-order valence-electron chi connectivity index (χ0n) is 10.6. The Morgan fingerprint density at radius 2 is 1.62 bits per heavy atom. The lowest BCUT2D eigenvalue weighted by Crippen LogP contribution is -2.43. The summed E-state index contributed by atoms with van der Waals surface area (Å²) < 4.78 is 76.5. The molecule has 9 heteroatoms. The fourth-order valence-electron chi connectivity index (χ4n) is 2.16. The molecule has 1 saturated heterocycles. The van der Waals surface area contributed by atoms with Crippen molar-refractivity contribution in [1.29, 1.82) is 0 Å². The highest BCUT2D eigenvalue weighted by molar-refractivity contribution is 5.85. The van der Waals surface area contributed by atoms with Crippen LogP contribution in [0.2, 0.25) is 0 Å². The average Bonchev–Trinajstić information content (AvgIpc) is 2.37. The average molecular weight is 335 g/mol. The summed E-state index contributed by atoms with van der Waals surface area (Å²) in [6, 6.07) is 1.10. The topological polar surface area (TPSA) is 24.1 Å². The van der Waals surface area contributed by atoms with Crippen LogP contribution in [0.1, 0.15) is 22.7 Å². The van der Waals surface area contributed by atoms with E-state index in [-0.39, 0.29) is 30.6 Å². The third-order valence-electron chi connectivity index (χ3n) is 3.10. The molecule has 0 spiro atoms. The van der Waals surface area contributed by atoms with Crippen molar-refractivity contribution in [3.8, 4) is 0 Å². The molecule has 21 heavy (non-hydrogen) atoms. The van der Waals surface area contributed by atoms with Crippen molar-refractivity contribution in [2.24, 2.45) is 0 Å². The van der Waals surface area contributed by atoms with Crippen LogP contribution in [-0.2, 0) is 12.4 Å². The summed E-state index contributed by atoms with van der Waals surface area (Å²) in [5.74, 6) is 0. The molecule has 1 aromatic carbocycles. The molecule has 0 saturated carbocycles. The number of halogens is 7. The lowest BCUT2D eigenvalue weighted by Gasteiger charge is -2.27. The molecule has 2 nitrogen and oxygen atoms in total. The van der Waals surface area contributed by atoms with Gasteiger partial charge in [-0.15, -0.1) is 12.4 Å². The molecule has 1 heterocycles. The number of piperazine rings is 1. The predicted octanol–water partition coefficient (Wildman–Crippen LogP) is 3.38. The standard InChI is InChI=1S/C12H12F6N2.ClH/c13-11(14,15)7-1-2-8(9(5-7)12(16,17)18)10-6-19-3-4-20-10;/h1-2,5,10,19-20H,3-4,6H2;1H/t10-;/m1./s1. The van der Waals surface area contributed by atoms with E-state index in [1.54, 1.807) is 0 Å². The highest BCUT2D eigenvalue weighted by Gasteiger charge is 2.39. The van der Waals surface area contributed by atoms with Gasteiger partial charge in [-0.05, 0) is 17.7 Å². The second kappa shape index (κ2) is 6.41. The van der Waals surface area contributed by atoms with Crippen molar-refractivity contribution in [2.45, 2.75) is 18.4 Å². The van der Waals surface area contributed by atoms with Crippen molar-refractivity contribution in [1.82, 2.24) is 10.6 Å². The molecule has 0 bridgehead atoms. The van der Waals surface area contributed by atoms with E-state index in [1.807, 2.05) is 0 Å². The zero-order valence-corrected chi connectivity index (χ0v) is 11.4. The van der Waals surface area contributed by atoms with Crippen molar-refractivity contribution < 1.29 is 26.3 Å². The Morgan fingerprint density at radius 1 is 0.952 bits per heavy atom. The van der Waals surface area contributed by atoms with Crippen LogP contribution in [-0.4, -0.2) is 19.6 Å². The Balaban J connectivity index is 0.00000220. The van der Waals surface area contributed by atoms with E-state index in [0.717, 1.165) is 6.07 Å². The fourth-order valence-corrected chi connectivity index (χ4v) is 2.16. The van der Waals surface area contributed by atoms with Crippen molar-refractivity contribution in [2.75, 3.05) is 19.6 Å². The lowest BCUT2D eigenvalue weighted by molar-refractivity contribution is -0.143. The molecule has 1 aliphatic rings. The van der Waals surface area contributed by atoms with E-state index in [9.17, 15) is 26.3 Å². The molecule has 2 rings (SSSR count). The second-order valence-corrected chi connectivity index (χ2v) is 4.51. The van der Waals surface area contributed by atoms with Gasteiger partial charge in [-0.1, -0.05) is 6.07 Å². The Kier molecular flexibility index (Phi) is 5.51. The number of nitrogens with one attached hydrogen (secondary N) is 2. The molecule has 0 aromatic heterocycles. The van der Waals surface area contributed by atoms with E-state index >= 15 is 0 Å². The van der Waals surface area contributed by atoms with Crippen LogP contribution in [0, 0.1) is 0 Å². The van der Waals surface area contributed by atoms with Gasteiger partial charge in [0.15, 0.2) is 0 Å². The summed E-state index contributed by atoms with van der Waals surface area (Å²) in [4.78, 5) is 0. The van der Waals surface area contributed by atoms with Crippen LogP contribution in [0.25, 0.3) is 0 Å². The fraction of sp³-hybridized carbons (Fsp3) is 0.500. The minimum atomic E-state index is -4.82. The largest absolute Gasteiger partial charge is 0.416 e. The highest BCUT2D eigenvalue weighted by atomic mass is 35.5. The molecule has 1 aliphatic heterocycles. The highest BCUT2D eigenvalue weighted by Crippen LogP contribution is 2.39. The third kappa shape index (κ3) is 4.24. The van der Waals surface area contributed by atoms with Gasteiger partial charge in [-0.3, -0.25) is 0 Å². The smallest absolute Gasteiger partial charge is 0.314 e. The molecule has 1 fully saturated rings. The molecule has 0 radical (unpaired) electrons. The van der Waals surface area contributed by atoms with Crippen LogP contribution in [0.4, 0.5) is 26.3 Å². The molecule has 2 N–H and O–H groups in total. The minimum Gasteiger partial charge on any atom is -0.314 e. The van der Waals surface area contributed by atoms with E-state index in [4.69, 9.17) is 0 Å². The molecular weight excluding hydrogens is 322 g/mol. The van der Waals surface area contributed by atoms with Gasteiger partial charge in [0, 0.05) is 25.7 Å². The number of hydrogen-bond donors (Lipinski definition) is 2. The van der Waals surface area contributed by atoms with E-state index in [0.29, 0.717) is 19.2 Å². The van der Waals surface area contributed by atoms with E-state index in [1.165, 1.54) is 0 Å². The normalized spacial score (nSPS) is 20.0. The van der Waals surface area contributed by atoms with Crippen LogP contribution in [0.5, 0.6) is 0 Å². The summed E-state index contributed by atoms with van der Waals surface area (Å²) in [6.45, 7) is 1.32. The second-order valence-electron chi connectivity index (χ2n) is 4.51. The molecule has 120 valence electrons. The van der Waals surface area contributed by atoms with Crippen molar-refractivity contribution >= 4 is 12.4 Å². The van der Waals surface area contributed by atoms with Crippen molar-refractivity contribution in [3.63, 3.8) is 0 Å². The number of alkyl halides is 6. The van der Waals surface area contributed by atoms with Gasteiger partial charge in [0.25, 0.3) is 0 Å². The first kappa shape index (κ1) is 18.1. The van der Waals surface area contributed by atoms with E-state index < -0.39 is 29.5 Å². The maximum atomic E-state index is 13.0. The van der Waals surface area contributed by atoms with Gasteiger partial charge in [-0.2, -0.15) is 26.3 Å². The molecule has 0 aliphatic carbocycles. The molecular formula is C12H13ClF6N2. The quantitative estimate of drug-likeness (QED) is 0.769. The number of rotatable bonds is 1. The Morgan fingerprint density at radius 3 is 2.10 bits per heavy atom. The summed E-state index contributed by atoms with van der Waals surface area (Å²) in [6.07, 6.45) is -9.62. The first-order valence-corrected chi connectivity index (χ1v) is 5.92. The molecule has 0 amide bonds. The maximum absolute atomic E-state index is 13.0. The SMILES string of the molecule is Cl.FC(F)(F)c1ccc([C@H]2CNCCN2)c(C(F)(F)F)c1. The first-order chi connectivity index (χ1) is 9.19. The van der Waals surface area contributed by atoms with Gasteiger partial charge in [-0.25, -0.2) is 0 Å². The maximum Gasteiger partial charge on any atom is 0.416 e. The molecule has 0 unspecified atom stereocenters. The van der Waals surface area contributed by atoms with Gasteiger partial charge >= 0.3 is 12.4 Å². The monoisotopic (exact) mass is 334 g/mol. The Hall–Kier alpha value is -0.990. The Bertz CT molecular complexity index is 480. The van der Waals surface area contributed by atoms with Gasteiger partial charge < -0.3 is 10.6 Å². The summed E-state index contributed by atoms with van der Waals surface area (Å²) in [5.41, 5.74) is -2.71. The number of benzene rings is 1. The van der Waals surface area contributed by atoms with Gasteiger partial charge in [0.2, 0.25) is 0 Å². The van der Waals surface area contributed by atoms with Gasteiger partial charge in [0.1, 0.15) is 0 Å². The zero-order chi connectivity index (χ0) is 15.0. The van der Waals surface area contributed by atoms with E-state index in [2.05, 4.69) is 10.6 Å². The first-order valence-electron chi connectivity index (χ1n) is 5.92. The summed E-state index contributed by atoms with van der Waals surface area (Å²) >= 11 is 0. The number of hydrogen-bond acceptors (Lipinski definition) is 2. The Labute approximate surface area is 123 Å². The van der Waals surface area contributed by atoms with Crippen LogP contribution in [0.15, 0.2) is 18.2 Å². The lowest BCUT2D eigenvalue weighted by atomic mass is 9.96. The minimum absolute atomic E-state index is 0. The molecule has 1 aromatic rings. The van der Waals surface area contributed by atoms with Crippen LogP contribution in [0.3, 0.4) is 0 Å². The third-order valence-corrected chi connectivity index (χ3v) is 3.10. The molecule has 1 atom stereocenters. The van der Waals surface area contributed by atoms with Crippen LogP contribution >= 0.6 is 12.4 Å². The summed E-state index contributed by atoms with van der Waals surface area (Å²) in [7, 11) is 0.